The van der Waals surface area contributed by atoms with E-state index in [0.717, 1.165) is 11.2 Å². The number of hydrogen-bond acceptors (Lipinski definition) is 6. The Hall–Kier alpha value is -1.31. The molecule has 1 aliphatic heterocycles. The minimum absolute atomic E-state index is 0.356. The highest BCUT2D eigenvalue weighted by Crippen LogP contribution is 2.36. The van der Waals surface area contributed by atoms with Gasteiger partial charge in [0.1, 0.15) is 5.69 Å². The molecule has 2 aromatic heterocycles. The maximum atomic E-state index is 5.96. The Balaban J connectivity index is 1.83. The summed E-state index contributed by atoms with van der Waals surface area (Å²) in [4.78, 5) is 12.9. The monoisotopic (exact) mass is 289 g/mol. The summed E-state index contributed by atoms with van der Waals surface area (Å²) in [5.41, 5.74) is 2.66. The average Bonchev–Trinajstić information content (AvgIpc) is 2.97. The van der Waals surface area contributed by atoms with Gasteiger partial charge in [0.25, 0.3) is 0 Å². The third-order valence-corrected chi connectivity index (χ3v) is 4.45. The van der Waals surface area contributed by atoms with Crippen molar-refractivity contribution in [3.05, 3.63) is 23.3 Å². The molecule has 0 aliphatic carbocycles. The molecular weight excluding hydrogens is 273 g/mol. The molecule has 1 saturated heterocycles. The van der Waals surface area contributed by atoms with E-state index in [1.165, 1.54) is 11.3 Å². The Morgan fingerprint density at radius 1 is 1.00 bits per heavy atom. The smallest absolute Gasteiger partial charge is 0.399 e. The Labute approximate surface area is 122 Å². The van der Waals surface area contributed by atoms with Crippen LogP contribution in [0.3, 0.4) is 0 Å². The van der Waals surface area contributed by atoms with E-state index < -0.39 is 7.12 Å². The van der Waals surface area contributed by atoms with Crippen molar-refractivity contribution in [1.82, 2.24) is 15.0 Å². The van der Waals surface area contributed by atoms with Gasteiger partial charge in [0, 0.05) is 23.2 Å². The topological polar surface area (TPSA) is 57.1 Å². The van der Waals surface area contributed by atoms with Crippen molar-refractivity contribution in [2.45, 2.75) is 38.9 Å². The van der Waals surface area contributed by atoms with E-state index in [0.29, 0.717) is 5.82 Å². The van der Waals surface area contributed by atoms with Gasteiger partial charge >= 0.3 is 7.12 Å². The molecule has 20 heavy (non-hydrogen) atoms. The molecule has 0 bridgehead atoms. The van der Waals surface area contributed by atoms with Crippen molar-refractivity contribution in [2.75, 3.05) is 0 Å². The molecule has 0 radical (unpaired) electrons. The summed E-state index contributed by atoms with van der Waals surface area (Å²) in [6, 6.07) is 0. The Kier molecular flexibility index (Phi) is 3.15. The summed E-state index contributed by atoms with van der Waals surface area (Å²) in [6.45, 7) is 8.10. The molecule has 7 heteroatoms. The zero-order valence-electron chi connectivity index (χ0n) is 12.0. The van der Waals surface area contributed by atoms with Gasteiger partial charge in [-0.05, 0) is 27.7 Å². The summed E-state index contributed by atoms with van der Waals surface area (Å²) in [5, 5.41) is 1.92. The van der Waals surface area contributed by atoms with Crippen molar-refractivity contribution in [1.29, 1.82) is 0 Å². The van der Waals surface area contributed by atoms with Gasteiger partial charge in [-0.1, -0.05) is 0 Å². The van der Waals surface area contributed by atoms with Crippen LogP contribution in [-0.2, 0) is 9.31 Å². The molecule has 5 nitrogen and oxygen atoms in total. The van der Waals surface area contributed by atoms with Crippen LogP contribution in [-0.4, -0.2) is 33.3 Å². The first kappa shape index (κ1) is 13.7. The second kappa shape index (κ2) is 4.61. The van der Waals surface area contributed by atoms with Gasteiger partial charge in [0.05, 0.1) is 16.7 Å². The van der Waals surface area contributed by atoms with Crippen LogP contribution >= 0.6 is 11.3 Å². The van der Waals surface area contributed by atoms with Gasteiger partial charge in [-0.3, -0.25) is 0 Å². The second-order valence-corrected chi connectivity index (χ2v) is 6.52. The lowest BCUT2D eigenvalue weighted by atomic mass is 9.81. The van der Waals surface area contributed by atoms with Crippen molar-refractivity contribution < 1.29 is 9.31 Å². The van der Waals surface area contributed by atoms with Crippen molar-refractivity contribution >= 4 is 23.9 Å². The first-order chi connectivity index (χ1) is 9.39. The van der Waals surface area contributed by atoms with E-state index in [4.69, 9.17) is 9.31 Å². The highest BCUT2D eigenvalue weighted by molar-refractivity contribution is 7.07. The molecular formula is C13H16BN3O2S. The minimum atomic E-state index is -0.426. The molecule has 2 aromatic rings. The molecule has 3 heterocycles. The van der Waals surface area contributed by atoms with Gasteiger partial charge in [0.15, 0.2) is 5.82 Å². The molecule has 1 aliphatic rings. The third kappa shape index (κ3) is 2.26. The SMILES string of the molecule is CC1(C)OB(c2cnc(-c3cscn3)nc2)OC1(C)C. The highest BCUT2D eigenvalue weighted by atomic mass is 32.1. The average molecular weight is 289 g/mol. The third-order valence-electron chi connectivity index (χ3n) is 3.86. The molecule has 0 amide bonds. The fraction of sp³-hybridized carbons (Fsp3) is 0.462. The Morgan fingerprint density at radius 2 is 1.60 bits per heavy atom. The fourth-order valence-corrected chi connectivity index (χ4v) is 2.42. The van der Waals surface area contributed by atoms with Gasteiger partial charge in [0.2, 0.25) is 0 Å². The number of thiazole rings is 1. The summed E-state index contributed by atoms with van der Waals surface area (Å²) in [7, 11) is -0.426. The molecule has 0 aromatic carbocycles. The van der Waals surface area contributed by atoms with E-state index in [9.17, 15) is 0 Å². The quantitative estimate of drug-likeness (QED) is 0.790. The van der Waals surface area contributed by atoms with Gasteiger partial charge < -0.3 is 9.31 Å². The number of aromatic nitrogens is 3. The summed E-state index contributed by atoms with van der Waals surface area (Å²) < 4.78 is 11.9. The van der Waals surface area contributed by atoms with E-state index in [1.54, 1.807) is 17.9 Å². The molecule has 0 atom stereocenters. The van der Waals surface area contributed by atoms with E-state index in [2.05, 4.69) is 15.0 Å². The Morgan fingerprint density at radius 3 is 2.10 bits per heavy atom. The van der Waals surface area contributed by atoms with Crippen molar-refractivity contribution in [2.24, 2.45) is 0 Å². The minimum Gasteiger partial charge on any atom is -0.399 e. The van der Waals surface area contributed by atoms with Crippen LogP contribution in [0.15, 0.2) is 23.3 Å². The molecule has 0 N–H and O–H groups in total. The number of rotatable bonds is 2. The van der Waals surface area contributed by atoms with Crippen LogP contribution in [0, 0.1) is 0 Å². The largest absolute Gasteiger partial charge is 0.498 e. The predicted octanol–water partition coefficient (Wildman–Crippen LogP) is 1.90. The standard InChI is InChI=1S/C13H16BN3O2S/c1-12(2)13(3,4)19-14(18-12)9-5-15-11(16-6-9)10-7-20-8-17-10/h5-8H,1-4H3. The number of hydrogen-bond donors (Lipinski definition) is 0. The molecule has 1 fully saturated rings. The molecule has 0 unspecified atom stereocenters. The van der Waals surface area contributed by atoms with Crippen LogP contribution in [0.4, 0.5) is 0 Å². The maximum absolute atomic E-state index is 5.96. The van der Waals surface area contributed by atoms with Gasteiger partial charge in [-0.2, -0.15) is 0 Å². The van der Waals surface area contributed by atoms with Crippen LogP contribution in [0.5, 0.6) is 0 Å². The first-order valence-corrected chi connectivity index (χ1v) is 7.39. The number of nitrogens with zero attached hydrogens (tertiary/aromatic N) is 3. The first-order valence-electron chi connectivity index (χ1n) is 6.45. The Bertz CT molecular complexity index is 583. The van der Waals surface area contributed by atoms with E-state index in [1.807, 2.05) is 33.1 Å². The van der Waals surface area contributed by atoms with Gasteiger partial charge in [-0.15, -0.1) is 11.3 Å². The lowest BCUT2D eigenvalue weighted by Crippen LogP contribution is -2.41. The molecule has 104 valence electrons. The molecule has 0 saturated carbocycles. The molecule has 3 rings (SSSR count). The van der Waals surface area contributed by atoms with Crippen LogP contribution < -0.4 is 5.46 Å². The van der Waals surface area contributed by atoms with E-state index in [-0.39, 0.29) is 11.2 Å². The normalized spacial score (nSPS) is 20.3. The van der Waals surface area contributed by atoms with E-state index >= 15 is 0 Å². The zero-order valence-corrected chi connectivity index (χ0v) is 12.8. The zero-order chi connectivity index (χ0) is 14.4. The fourth-order valence-electron chi connectivity index (χ4n) is 1.89. The summed E-state index contributed by atoms with van der Waals surface area (Å²) in [5.74, 6) is 0.617. The molecule has 0 spiro atoms. The summed E-state index contributed by atoms with van der Waals surface area (Å²) >= 11 is 1.52. The van der Waals surface area contributed by atoms with Gasteiger partial charge in [-0.25, -0.2) is 15.0 Å². The van der Waals surface area contributed by atoms with Crippen molar-refractivity contribution in [3.63, 3.8) is 0 Å². The maximum Gasteiger partial charge on any atom is 0.498 e. The van der Waals surface area contributed by atoms with Crippen LogP contribution in [0.25, 0.3) is 11.5 Å². The predicted molar refractivity (Wildman–Crippen MR) is 78.9 cm³/mol. The highest BCUT2D eigenvalue weighted by Gasteiger charge is 2.51. The second-order valence-electron chi connectivity index (χ2n) is 5.80. The lowest BCUT2D eigenvalue weighted by molar-refractivity contribution is 0.00578. The van der Waals surface area contributed by atoms with Crippen LogP contribution in [0.1, 0.15) is 27.7 Å². The summed E-state index contributed by atoms with van der Waals surface area (Å²) in [6.07, 6.45) is 3.48. The van der Waals surface area contributed by atoms with Crippen molar-refractivity contribution in [3.8, 4) is 11.5 Å². The van der Waals surface area contributed by atoms with Crippen LogP contribution in [0.2, 0.25) is 0 Å². The lowest BCUT2D eigenvalue weighted by Gasteiger charge is -2.32.